The number of thiophene rings is 1. The van der Waals surface area contributed by atoms with Crippen LogP contribution in [0, 0.1) is 0 Å². The minimum atomic E-state index is -4.32. The maximum absolute atomic E-state index is 12.7. The average molecular weight is 428 g/mol. The third-order valence-corrected chi connectivity index (χ3v) is 5.54. The number of nitrogens with zero attached hydrogens (tertiary/aromatic N) is 1. The molecule has 0 spiro atoms. The maximum Gasteiger partial charge on any atom is 0.416 e. The highest BCUT2D eigenvalue weighted by atomic mass is 32.1. The third kappa shape index (κ3) is 4.63. The van der Waals surface area contributed by atoms with Crippen LogP contribution in [0.2, 0.25) is 0 Å². The van der Waals surface area contributed by atoms with Crippen LogP contribution in [-0.2, 0) is 19.1 Å². The van der Waals surface area contributed by atoms with Crippen LogP contribution in [0.4, 0.5) is 13.2 Å². The van der Waals surface area contributed by atoms with Crippen molar-refractivity contribution in [3.05, 3.63) is 82.0 Å². The van der Waals surface area contributed by atoms with Gasteiger partial charge in [-0.15, -0.1) is 0 Å². The molecule has 2 heterocycles. The number of phenols is 1. The molecule has 0 saturated heterocycles. The molecule has 0 fully saturated rings. The molecule has 2 aromatic carbocycles. The first-order chi connectivity index (χ1) is 14.4. The number of rotatable bonds is 6. The summed E-state index contributed by atoms with van der Waals surface area (Å²) in [5.74, 6) is 0.178. The Morgan fingerprint density at radius 3 is 2.50 bits per heavy atom. The smallest absolute Gasteiger partial charge is 0.416 e. The van der Waals surface area contributed by atoms with Gasteiger partial charge in [0.05, 0.1) is 16.8 Å². The lowest BCUT2D eigenvalue weighted by Gasteiger charge is -2.12. The van der Waals surface area contributed by atoms with Gasteiger partial charge in [-0.25, -0.2) is 4.98 Å². The van der Waals surface area contributed by atoms with Crippen molar-refractivity contribution in [2.24, 2.45) is 0 Å². The highest BCUT2D eigenvalue weighted by molar-refractivity contribution is 7.08. The number of hydrogen-bond donors (Lipinski definition) is 2. The van der Waals surface area contributed by atoms with Crippen molar-refractivity contribution < 1.29 is 18.3 Å². The van der Waals surface area contributed by atoms with Gasteiger partial charge in [0.15, 0.2) is 0 Å². The van der Waals surface area contributed by atoms with Crippen LogP contribution in [0.1, 0.15) is 16.7 Å². The predicted octanol–water partition coefficient (Wildman–Crippen LogP) is 6.02. The Labute approximate surface area is 175 Å². The lowest BCUT2D eigenvalue weighted by Crippen LogP contribution is -2.17. The molecule has 0 atom stereocenters. The Morgan fingerprint density at radius 1 is 1.00 bits per heavy atom. The van der Waals surface area contributed by atoms with E-state index in [2.05, 4.69) is 11.4 Å². The van der Waals surface area contributed by atoms with Crippen LogP contribution < -0.4 is 5.32 Å². The molecule has 0 saturated carbocycles. The Morgan fingerprint density at radius 2 is 1.80 bits per heavy atom. The number of halogens is 3. The first kappa shape index (κ1) is 20.4. The molecule has 0 aliphatic heterocycles. The molecule has 154 valence electrons. The van der Waals surface area contributed by atoms with Crippen LogP contribution in [0.15, 0.2) is 65.4 Å². The van der Waals surface area contributed by atoms with Crippen molar-refractivity contribution in [1.82, 2.24) is 10.3 Å². The Balaban J connectivity index is 1.47. The van der Waals surface area contributed by atoms with Crippen molar-refractivity contribution in [2.45, 2.75) is 19.1 Å². The van der Waals surface area contributed by atoms with E-state index in [-0.39, 0.29) is 5.75 Å². The lowest BCUT2D eigenvalue weighted by atomic mass is 10.0. The number of nitrogens with one attached hydrogen (secondary N) is 1. The number of fused-ring (bicyclic) bond motifs is 1. The molecule has 0 unspecified atom stereocenters. The van der Waals surface area contributed by atoms with Crippen molar-refractivity contribution in [2.75, 3.05) is 6.54 Å². The van der Waals surface area contributed by atoms with Crippen molar-refractivity contribution >= 4 is 22.2 Å². The summed E-state index contributed by atoms with van der Waals surface area (Å²) in [6.45, 7) is 1.14. The minimum Gasteiger partial charge on any atom is -0.508 e. The third-order valence-electron chi connectivity index (χ3n) is 4.86. The van der Waals surface area contributed by atoms with Crippen LogP contribution in [0.25, 0.3) is 22.2 Å². The topological polar surface area (TPSA) is 45.1 Å². The zero-order chi connectivity index (χ0) is 21.1. The van der Waals surface area contributed by atoms with E-state index < -0.39 is 11.7 Å². The Bertz CT molecular complexity index is 1140. The largest absolute Gasteiger partial charge is 0.508 e. The van der Waals surface area contributed by atoms with Crippen LogP contribution in [0.5, 0.6) is 5.75 Å². The molecule has 0 radical (unpaired) electrons. The number of phenolic OH excluding ortho intramolecular Hbond substituents is 1. The minimum absolute atomic E-state index is 0.178. The molecule has 0 amide bonds. The highest BCUT2D eigenvalue weighted by Crippen LogP contribution is 2.30. The van der Waals surface area contributed by atoms with E-state index in [0.29, 0.717) is 13.1 Å². The molecular formula is C23H19F3N2OS. The summed E-state index contributed by atoms with van der Waals surface area (Å²) in [5, 5.41) is 18.0. The number of pyridine rings is 1. The molecule has 4 aromatic rings. The molecule has 2 N–H and O–H groups in total. The van der Waals surface area contributed by atoms with Gasteiger partial charge in [0.25, 0.3) is 0 Å². The number of benzene rings is 2. The molecule has 0 aliphatic rings. The van der Waals surface area contributed by atoms with Gasteiger partial charge in [-0.1, -0.05) is 12.1 Å². The first-order valence-electron chi connectivity index (χ1n) is 9.42. The zero-order valence-corrected chi connectivity index (χ0v) is 16.7. The number of aromatic nitrogens is 1. The monoisotopic (exact) mass is 428 g/mol. The summed E-state index contributed by atoms with van der Waals surface area (Å²) in [5.41, 5.74) is 3.88. The molecule has 3 nitrogen and oxygen atoms in total. The van der Waals surface area contributed by atoms with E-state index in [4.69, 9.17) is 4.98 Å². The fourth-order valence-corrected chi connectivity index (χ4v) is 3.95. The molecular weight excluding hydrogens is 409 g/mol. The predicted molar refractivity (Wildman–Crippen MR) is 114 cm³/mol. The lowest BCUT2D eigenvalue weighted by molar-refractivity contribution is -0.137. The summed E-state index contributed by atoms with van der Waals surface area (Å²) in [6, 6.07) is 14.4. The molecule has 0 aliphatic carbocycles. The van der Waals surface area contributed by atoms with Crippen molar-refractivity contribution in [3.8, 4) is 17.0 Å². The van der Waals surface area contributed by atoms with E-state index in [1.165, 1.54) is 12.1 Å². The quantitative estimate of drug-likeness (QED) is 0.369. The van der Waals surface area contributed by atoms with Crippen LogP contribution in [-0.4, -0.2) is 16.6 Å². The van der Waals surface area contributed by atoms with Crippen LogP contribution >= 0.6 is 11.3 Å². The van der Waals surface area contributed by atoms with Gasteiger partial charge in [0, 0.05) is 28.9 Å². The SMILES string of the molecule is Oc1ccc2cc(CCNCc3ccc(C(F)(F)F)cc3)c(-c3ccsc3)nc2c1. The van der Waals surface area contributed by atoms with Crippen LogP contribution in [0.3, 0.4) is 0 Å². The van der Waals surface area contributed by atoms with E-state index in [1.807, 2.05) is 22.9 Å². The molecule has 30 heavy (non-hydrogen) atoms. The van der Waals surface area contributed by atoms with E-state index in [0.717, 1.165) is 51.8 Å². The molecule has 0 bridgehead atoms. The standard InChI is InChI=1S/C23H19F3N2OS/c24-23(25,26)19-4-1-15(2-5-19)13-27-9-7-17-11-16-3-6-20(29)12-21(16)28-22(17)18-8-10-30-14-18/h1-6,8,10-12,14,27,29H,7,9,13H2. The zero-order valence-electron chi connectivity index (χ0n) is 15.9. The summed E-state index contributed by atoms with van der Waals surface area (Å²) >= 11 is 1.60. The van der Waals surface area contributed by atoms with E-state index in [9.17, 15) is 18.3 Å². The van der Waals surface area contributed by atoms with Gasteiger partial charge in [-0.2, -0.15) is 24.5 Å². The molecule has 2 aromatic heterocycles. The molecule has 4 rings (SSSR count). The summed E-state index contributed by atoms with van der Waals surface area (Å²) in [6.07, 6.45) is -3.60. The number of aromatic hydroxyl groups is 1. The fraction of sp³-hybridized carbons (Fsp3) is 0.174. The van der Waals surface area contributed by atoms with Gasteiger partial charge in [0.2, 0.25) is 0 Å². The summed E-state index contributed by atoms with van der Waals surface area (Å²) < 4.78 is 38.0. The normalized spacial score (nSPS) is 11.8. The van der Waals surface area contributed by atoms with E-state index in [1.54, 1.807) is 23.5 Å². The van der Waals surface area contributed by atoms with Gasteiger partial charge in [0.1, 0.15) is 5.75 Å². The highest BCUT2D eigenvalue weighted by Gasteiger charge is 2.29. The van der Waals surface area contributed by atoms with Crippen molar-refractivity contribution in [1.29, 1.82) is 0 Å². The van der Waals surface area contributed by atoms with Crippen molar-refractivity contribution in [3.63, 3.8) is 0 Å². The fourth-order valence-electron chi connectivity index (χ4n) is 3.31. The average Bonchev–Trinajstić information content (AvgIpc) is 3.25. The number of alkyl halides is 3. The Kier molecular flexibility index (Phi) is 5.74. The summed E-state index contributed by atoms with van der Waals surface area (Å²) in [7, 11) is 0. The second-order valence-electron chi connectivity index (χ2n) is 7.01. The van der Waals surface area contributed by atoms with Gasteiger partial charge >= 0.3 is 6.18 Å². The van der Waals surface area contributed by atoms with Gasteiger partial charge in [-0.3, -0.25) is 0 Å². The first-order valence-corrected chi connectivity index (χ1v) is 10.4. The molecule has 7 heteroatoms. The maximum atomic E-state index is 12.7. The second-order valence-corrected chi connectivity index (χ2v) is 7.79. The van der Waals surface area contributed by atoms with Gasteiger partial charge < -0.3 is 10.4 Å². The van der Waals surface area contributed by atoms with Gasteiger partial charge in [-0.05, 0) is 65.9 Å². The number of hydrogen-bond acceptors (Lipinski definition) is 4. The van der Waals surface area contributed by atoms with E-state index >= 15 is 0 Å². The Hall–Kier alpha value is -2.90. The summed E-state index contributed by atoms with van der Waals surface area (Å²) in [4.78, 5) is 4.76. The second kappa shape index (κ2) is 8.45.